The molecule has 0 radical (unpaired) electrons. The SMILES string of the molecule is Cc1ccc2nc(-c3cncc(Br)c3)[nH]c(=O)c2c1. The normalized spacial score (nSPS) is 10.8. The van der Waals surface area contributed by atoms with Gasteiger partial charge in [-0.3, -0.25) is 9.78 Å². The molecule has 4 nitrogen and oxygen atoms in total. The Bertz CT molecular complexity index is 826. The van der Waals surface area contributed by atoms with Crippen LogP contribution in [0.3, 0.4) is 0 Å². The molecule has 3 rings (SSSR count). The molecule has 2 heterocycles. The number of fused-ring (bicyclic) bond motifs is 1. The molecule has 1 aromatic carbocycles. The smallest absolute Gasteiger partial charge is 0.259 e. The van der Waals surface area contributed by atoms with E-state index < -0.39 is 0 Å². The Labute approximate surface area is 117 Å². The Morgan fingerprint density at radius 1 is 1.21 bits per heavy atom. The van der Waals surface area contributed by atoms with E-state index in [1.165, 1.54) is 0 Å². The fourth-order valence-electron chi connectivity index (χ4n) is 1.93. The number of hydrogen-bond donors (Lipinski definition) is 1. The molecule has 2 aromatic heterocycles. The highest BCUT2D eigenvalue weighted by Crippen LogP contribution is 2.19. The summed E-state index contributed by atoms with van der Waals surface area (Å²) in [6, 6.07) is 7.50. The summed E-state index contributed by atoms with van der Waals surface area (Å²) in [7, 11) is 0. The third kappa shape index (κ3) is 2.29. The van der Waals surface area contributed by atoms with E-state index in [4.69, 9.17) is 0 Å². The molecule has 0 saturated carbocycles. The van der Waals surface area contributed by atoms with Crippen molar-refractivity contribution in [3.63, 3.8) is 0 Å². The summed E-state index contributed by atoms with van der Waals surface area (Å²) in [6.07, 6.45) is 3.36. The maximum absolute atomic E-state index is 12.1. The second-order valence-electron chi connectivity index (χ2n) is 4.33. The van der Waals surface area contributed by atoms with Crippen LogP contribution in [0.15, 0.2) is 45.9 Å². The Morgan fingerprint density at radius 2 is 2.05 bits per heavy atom. The zero-order chi connectivity index (χ0) is 13.4. The Morgan fingerprint density at radius 3 is 2.84 bits per heavy atom. The van der Waals surface area contributed by atoms with E-state index in [9.17, 15) is 4.79 Å². The van der Waals surface area contributed by atoms with Crippen LogP contribution < -0.4 is 5.56 Å². The molecule has 0 bridgehead atoms. The van der Waals surface area contributed by atoms with Gasteiger partial charge in [0.05, 0.1) is 10.9 Å². The number of nitrogens with one attached hydrogen (secondary N) is 1. The number of aromatic nitrogens is 3. The van der Waals surface area contributed by atoms with E-state index >= 15 is 0 Å². The van der Waals surface area contributed by atoms with Crippen molar-refractivity contribution in [2.45, 2.75) is 6.92 Å². The molecule has 94 valence electrons. The van der Waals surface area contributed by atoms with Gasteiger partial charge in [-0.1, -0.05) is 11.6 Å². The summed E-state index contributed by atoms with van der Waals surface area (Å²) in [5.41, 5.74) is 2.36. The second kappa shape index (κ2) is 4.59. The lowest BCUT2D eigenvalue weighted by molar-refractivity contribution is 1.16. The largest absolute Gasteiger partial charge is 0.306 e. The van der Waals surface area contributed by atoms with Crippen LogP contribution in [0.2, 0.25) is 0 Å². The number of hydrogen-bond acceptors (Lipinski definition) is 3. The maximum atomic E-state index is 12.1. The molecule has 0 atom stereocenters. The number of aromatic amines is 1. The van der Waals surface area contributed by atoms with Gasteiger partial charge in [-0.2, -0.15) is 0 Å². The summed E-state index contributed by atoms with van der Waals surface area (Å²) in [6.45, 7) is 1.95. The van der Waals surface area contributed by atoms with Gasteiger partial charge >= 0.3 is 0 Å². The fourth-order valence-corrected chi connectivity index (χ4v) is 2.30. The predicted molar refractivity (Wildman–Crippen MR) is 78.0 cm³/mol. The lowest BCUT2D eigenvalue weighted by atomic mass is 10.1. The van der Waals surface area contributed by atoms with Crippen LogP contribution in [0.5, 0.6) is 0 Å². The van der Waals surface area contributed by atoms with Gasteiger partial charge < -0.3 is 4.98 Å². The van der Waals surface area contributed by atoms with E-state index in [1.807, 2.05) is 31.2 Å². The van der Waals surface area contributed by atoms with Gasteiger partial charge in [-0.05, 0) is 41.1 Å². The summed E-state index contributed by atoms with van der Waals surface area (Å²) < 4.78 is 0.844. The van der Waals surface area contributed by atoms with Crippen molar-refractivity contribution in [3.05, 3.63) is 57.0 Å². The van der Waals surface area contributed by atoms with E-state index in [0.29, 0.717) is 16.7 Å². The molecule has 0 saturated heterocycles. The van der Waals surface area contributed by atoms with Crippen molar-refractivity contribution in [2.24, 2.45) is 0 Å². The van der Waals surface area contributed by atoms with E-state index in [1.54, 1.807) is 12.4 Å². The fraction of sp³-hybridized carbons (Fsp3) is 0.0714. The molecule has 5 heteroatoms. The molecule has 0 spiro atoms. The number of halogens is 1. The average Bonchev–Trinajstić information content (AvgIpc) is 2.39. The van der Waals surface area contributed by atoms with Crippen molar-refractivity contribution in [3.8, 4) is 11.4 Å². The van der Waals surface area contributed by atoms with Crippen LogP contribution in [0, 0.1) is 6.92 Å². The van der Waals surface area contributed by atoms with Gasteiger partial charge in [0.2, 0.25) is 0 Å². The van der Waals surface area contributed by atoms with Crippen LogP contribution in [-0.4, -0.2) is 15.0 Å². The molecule has 0 amide bonds. The van der Waals surface area contributed by atoms with Crippen molar-refractivity contribution < 1.29 is 0 Å². The zero-order valence-corrected chi connectivity index (χ0v) is 11.7. The Kier molecular flexibility index (Phi) is 2.91. The first-order chi connectivity index (χ1) is 9.13. The third-order valence-corrected chi connectivity index (χ3v) is 3.27. The molecule has 0 aliphatic heterocycles. The van der Waals surface area contributed by atoms with Gasteiger partial charge in [0, 0.05) is 22.4 Å². The van der Waals surface area contributed by atoms with Crippen LogP contribution in [-0.2, 0) is 0 Å². The Hall–Kier alpha value is -2.01. The highest BCUT2D eigenvalue weighted by molar-refractivity contribution is 9.10. The number of pyridine rings is 1. The standard InChI is InChI=1S/C14H10BrN3O/c1-8-2-3-12-11(4-8)14(19)18-13(17-12)9-5-10(15)7-16-6-9/h2-7H,1H3,(H,17,18,19). The molecule has 0 unspecified atom stereocenters. The van der Waals surface area contributed by atoms with Gasteiger partial charge in [0.15, 0.2) is 0 Å². The molecule has 1 N–H and O–H groups in total. The number of benzene rings is 1. The molecule has 0 aliphatic carbocycles. The van der Waals surface area contributed by atoms with Crippen LogP contribution in [0.1, 0.15) is 5.56 Å². The summed E-state index contributed by atoms with van der Waals surface area (Å²) >= 11 is 3.35. The van der Waals surface area contributed by atoms with Gasteiger partial charge in [-0.15, -0.1) is 0 Å². The third-order valence-electron chi connectivity index (χ3n) is 2.84. The lowest BCUT2D eigenvalue weighted by Gasteiger charge is -2.04. The quantitative estimate of drug-likeness (QED) is 0.750. The van der Waals surface area contributed by atoms with Gasteiger partial charge in [0.25, 0.3) is 5.56 Å². The molecular weight excluding hydrogens is 306 g/mol. The van der Waals surface area contributed by atoms with E-state index in [2.05, 4.69) is 30.9 Å². The van der Waals surface area contributed by atoms with Crippen LogP contribution in [0.25, 0.3) is 22.3 Å². The summed E-state index contributed by atoms with van der Waals surface area (Å²) in [5, 5.41) is 0.603. The molecule has 19 heavy (non-hydrogen) atoms. The first-order valence-corrected chi connectivity index (χ1v) is 6.54. The van der Waals surface area contributed by atoms with Crippen molar-refractivity contribution in [1.29, 1.82) is 0 Å². The van der Waals surface area contributed by atoms with Crippen molar-refractivity contribution in [2.75, 3.05) is 0 Å². The monoisotopic (exact) mass is 315 g/mol. The molecule has 3 aromatic rings. The van der Waals surface area contributed by atoms with Crippen molar-refractivity contribution >= 4 is 26.8 Å². The van der Waals surface area contributed by atoms with E-state index in [0.717, 1.165) is 15.6 Å². The highest BCUT2D eigenvalue weighted by Gasteiger charge is 2.06. The minimum atomic E-state index is -0.135. The number of rotatable bonds is 1. The van der Waals surface area contributed by atoms with Crippen molar-refractivity contribution in [1.82, 2.24) is 15.0 Å². The van der Waals surface area contributed by atoms with Gasteiger partial charge in [0.1, 0.15) is 5.82 Å². The average molecular weight is 316 g/mol. The first-order valence-electron chi connectivity index (χ1n) is 5.75. The minimum absolute atomic E-state index is 0.135. The lowest BCUT2D eigenvalue weighted by Crippen LogP contribution is -2.09. The molecular formula is C14H10BrN3O. The second-order valence-corrected chi connectivity index (χ2v) is 5.24. The zero-order valence-electron chi connectivity index (χ0n) is 10.1. The number of nitrogens with zero attached hydrogens (tertiary/aromatic N) is 2. The topological polar surface area (TPSA) is 58.6 Å². The summed E-state index contributed by atoms with van der Waals surface area (Å²) in [5.74, 6) is 0.523. The first kappa shape index (κ1) is 12.0. The minimum Gasteiger partial charge on any atom is -0.306 e. The molecule has 0 aliphatic rings. The highest BCUT2D eigenvalue weighted by atomic mass is 79.9. The van der Waals surface area contributed by atoms with Crippen LogP contribution in [0.4, 0.5) is 0 Å². The predicted octanol–water partition coefficient (Wildman–Crippen LogP) is 3.06. The Balaban J connectivity index is 2.27. The van der Waals surface area contributed by atoms with Gasteiger partial charge in [-0.25, -0.2) is 4.98 Å². The maximum Gasteiger partial charge on any atom is 0.259 e. The number of H-pyrrole nitrogens is 1. The number of aryl methyl sites for hydroxylation is 1. The summed E-state index contributed by atoms with van der Waals surface area (Å²) in [4.78, 5) is 23.4. The molecule has 0 fully saturated rings. The van der Waals surface area contributed by atoms with Crippen LogP contribution >= 0.6 is 15.9 Å². The van der Waals surface area contributed by atoms with E-state index in [-0.39, 0.29) is 5.56 Å².